The van der Waals surface area contributed by atoms with Crippen LogP contribution >= 0.6 is 0 Å². The average Bonchev–Trinajstić information content (AvgIpc) is 2.60. The molecule has 0 unspecified atom stereocenters. The summed E-state index contributed by atoms with van der Waals surface area (Å²) >= 11 is 0. The van der Waals surface area contributed by atoms with E-state index in [2.05, 4.69) is 6.58 Å². The topological polar surface area (TPSA) is 125 Å². The molecule has 0 aliphatic heterocycles. The van der Waals surface area contributed by atoms with Crippen molar-refractivity contribution in [2.75, 3.05) is 26.4 Å². The molecule has 0 N–H and O–H groups in total. The third-order valence-electron chi connectivity index (χ3n) is 2.93. The van der Waals surface area contributed by atoms with Crippen LogP contribution in [0.1, 0.15) is 48.5 Å². The van der Waals surface area contributed by atoms with E-state index in [4.69, 9.17) is 35.1 Å². The molecular formula is C18H38O11Si3. The molecule has 0 bridgehead atoms. The van der Waals surface area contributed by atoms with E-state index in [1.54, 1.807) is 0 Å². The van der Waals surface area contributed by atoms with Crippen LogP contribution < -0.4 is 0 Å². The Bertz CT molecular complexity index is 541. The largest absolute Gasteiger partial charge is 0.734 e. The summed E-state index contributed by atoms with van der Waals surface area (Å²) in [5.74, 6) is -2.16. The molecule has 188 valence electrons. The summed E-state index contributed by atoms with van der Waals surface area (Å²) in [7, 11) is -9.04. The molecule has 0 atom stereocenters. The van der Waals surface area contributed by atoms with Gasteiger partial charge in [-0.1, -0.05) is 6.58 Å². The SMILES string of the molecule is C=C[Si](OC(C)=O)(OC(C)=O)OC(C)=O.CCO[Si](C)(C)O[Si](OCC)(OCC)OCC. The zero-order valence-corrected chi connectivity index (χ0v) is 23.6. The Morgan fingerprint density at radius 1 is 0.688 bits per heavy atom. The van der Waals surface area contributed by atoms with Crippen LogP contribution in [0, 0.1) is 0 Å². The van der Waals surface area contributed by atoms with Crippen molar-refractivity contribution in [3.63, 3.8) is 0 Å². The second-order valence-corrected chi connectivity index (χ2v) is 14.3. The van der Waals surface area contributed by atoms with E-state index < -0.39 is 44.3 Å². The molecule has 0 aliphatic rings. The molecule has 0 aromatic rings. The lowest BCUT2D eigenvalue weighted by Crippen LogP contribution is -2.57. The Labute approximate surface area is 194 Å². The molecule has 0 saturated heterocycles. The minimum absolute atomic E-state index is 0.503. The van der Waals surface area contributed by atoms with Gasteiger partial charge in [0.25, 0.3) is 17.9 Å². The highest BCUT2D eigenvalue weighted by Crippen LogP contribution is 2.19. The molecule has 32 heavy (non-hydrogen) atoms. The van der Waals surface area contributed by atoms with Gasteiger partial charge in [-0.15, -0.1) is 0 Å². The Morgan fingerprint density at radius 2 is 1.00 bits per heavy atom. The highest BCUT2D eigenvalue weighted by Gasteiger charge is 2.50. The summed E-state index contributed by atoms with van der Waals surface area (Å²) in [4.78, 5) is 32.3. The minimum atomic E-state index is -3.74. The van der Waals surface area contributed by atoms with Gasteiger partial charge in [0, 0.05) is 52.9 Å². The monoisotopic (exact) mass is 514 g/mol. The highest BCUT2D eigenvalue weighted by atomic mass is 28.5. The maximum Gasteiger partial charge on any atom is 0.734 e. The van der Waals surface area contributed by atoms with E-state index in [9.17, 15) is 14.4 Å². The van der Waals surface area contributed by atoms with Gasteiger partial charge in [-0.05, 0) is 40.8 Å². The zero-order chi connectivity index (χ0) is 25.4. The van der Waals surface area contributed by atoms with Crippen LogP contribution in [-0.4, -0.2) is 70.7 Å². The smallest absolute Gasteiger partial charge is 0.452 e. The number of hydrogen-bond acceptors (Lipinski definition) is 11. The normalized spacial score (nSPS) is 11.7. The van der Waals surface area contributed by atoms with Gasteiger partial charge >= 0.3 is 26.4 Å². The summed E-state index contributed by atoms with van der Waals surface area (Å²) in [5.41, 5.74) is 1.04. The van der Waals surface area contributed by atoms with E-state index in [-0.39, 0.29) is 0 Å². The van der Waals surface area contributed by atoms with Crippen molar-refractivity contribution >= 4 is 44.3 Å². The van der Waals surface area contributed by atoms with Crippen molar-refractivity contribution in [1.29, 1.82) is 0 Å². The van der Waals surface area contributed by atoms with Crippen LogP contribution in [-0.2, 0) is 49.5 Å². The molecule has 0 aromatic heterocycles. The van der Waals surface area contributed by atoms with Crippen molar-refractivity contribution in [1.82, 2.24) is 0 Å². The standard InChI is InChI=1S/C10H26O5Si2.C8H12O6Si/c1-7-11-16(5,6)15-17(12-8-2,13-9-3)14-10-4;1-5-15(12-6(2)9,13-7(3)10)14-8(4)11/h7-10H2,1-6H3;5H,1H2,2-4H3. The van der Waals surface area contributed by atoms with E-state index in [0.717, 1.165) is 26.5 Å². The Balaban J connectivity index is 0. The van der Waals surface area contributed by atoms with Gasteiger partial charge in [0.15, 0.2) is 0 Å². The summed E-state index contributed by atoms with van der Waals surface area (Å²) in [6.07, 6.45) is 0. The number of carbonyl (C=O) groups excluding carboxylic acids is 3. The van der Waals surface area contributed by atoms with E-state index in [1.165, 1.54) is 0 Å². The van der Waals surface area contributed by atoms with Gasteiger partial charge in [0.05, 0.1) is 0 Å². The number of hydrogen-bond donors (Lipinski definition) is 0. The van der Waals surface area contributed by atoms with Gasteiger partial charge in [-0.25, -0.2) is 0 Å². The Morgan fingerprint density at radius 3 is 1.22 bits per heavy atom. The summed E-state index contributed by atoms with van der Waals surface area (Å²) in [6, 6.07) is 0. The molecule has 0 heterocycles. The first-order valence-electron chi connectivity index (χ1n) is 10.2. The molecule has 0 aromatic carbocycles. The van der Waals surface area contributed by atoms with Crippen LogP contribution in [0.2, 0.25) is 13.1 Å². The van der Waals surface area contributed by atoms with Gasteiger partial charge in [0.2, 0.25) is 0 Å². The quantitative estimate of drug-likeness (QED) is 0.318. The predicted molar refractivity (Wildman–Crippen MR) is 122 cm³/mol. The molecule has 0 rings (SSSR count). The summed E-state index contributed by atoms with van der Waals surface area (Å²) < 4.78 is 42.6. The molecule has 0 amide bonds. The van der Waals surface area contributed by atoms with Crippen molar-refractivity contribution in [2.24, 2.45) is 0 Å². The molecule has 0 radical (unpaired) electrons. The molecule has 0 aliphatic carbocycles. The molecule has 0 saturated carbocycles. The van der Waals surface area contributed by atoms with Crippen LogP contribution in [0.4, 0.5) is 0 Å². The van der Waals surface area contributed by atoms with Crippen molar-refractivity contribution in [3.05, 3.63) is 12.3 Å². The first-order valence-corrected chi connectivity index (χ1v) is 16.5. The van der Waals surface area contributed by atoms with E-state index >= 15 is 0 Å². The Hall–Kier alpha value is -1.40. The van der Waals surface area contributed by atoms with Crippen molar-refractivity contribution < 1.29 is 49.5 Å². The summed E-state index contributed by atoms with van der Waals surface area (Å²) in [6.45, 7) is 20.4. The maximum absolute atomic E-state index is 10.8. The zero-order valence-electron chi connectivity index (χ0n) is 20.6. The molecule has 11 nitrogen and oxygen atoms in total. The maximum atomic E-state index is 10.8. The predicted octanol–water partition coefficient (Wildman–Crippen LogP) is 2.63. The van der Waals surface area contributed by atoms with Gasteiger partial charge < -0.3 is 35.1 Å². The van der Waals surface area contributed by atoms with Crippen LogP contribution in [0.5, 0.6) is 0 Å². The van der Waals surface area contributed by atoms with Crippen LogP contribution in [0.25, 0.3) is 0 Å². The third kappa shape index (κ3) is 14.6. The number of carbonyl (C=O) groups is 3. The lowest BCUT2D eigenvalue weighted by Gasteiger charge is -2.33. The fourth-order valence-electron chi connectivity index (χ4n) is 2.21. The molecule has 14 heteroatoms. The first-order chi connectivity index (χ1) is 14.8. The number of rotatable bonds is 14. The average molecular weight is 515 g/mol. The van der Waals surface area contributed by atoms with Crippen molar-refractivity contribution in [3.8, 4) is 0 Å². The second kappa shape index (κ2) is 16.3. The van der Waals surface area contributed by atoms with E-state index in [0.29, 0.717) is 26.4 Å². The highest BCUT2D eigenvalue weighted by molar-refractivity contribution is 6.74. The van der Waals surface area contributed by atoms with Crippen LogP contribution in [0.15, 0.2) is 12.3 Å². The van der Waals surface area contributed by atoms with E-state index in [1.807, 2.05) is 40.8 Å². The molecule has 0 fully saturated rings. The molecular weight excluding hydrogens is 476 g/mol. The first kappa shape index (κ1) is 32.8. The summed E-state index contributed by atoms with van der Waals surface area (Å²) in [5, 5.41) is 0. The fraction of sp³-hybridized carbons (Fsp3) is 0.722. The second-order valence-electron chi connectivity index (χ2n) is 6.32. The van der Waals surface area contributed by atoms with Gasteiger partial charge in [0.1, 0.15) is 0 Å². The fourth-order valence-corrected chi connectivity index (χ4v) is 9.14. The van der Waals surface area contributed by atoms with Gasteiger partial charge in [-0.2, -0.15) is 0 Å². The van der Waals surface area contributed by atoms with Gasteiger partial charge in [-0.3, -0.25) is 14.4 Å². The third-order valence-corrected chi connectivity index (χ3v) is 11.0. The Kier molecular flexibility index (Phi) is 16.6. The van der Waals surface area contributed by atoms with Crippen molar-refractivity contribution in [2.45, 2.75) is 61.6 Å². The lowest BCUT2D eigenvalue weighted by atomic mass is 10.9. The molecule has 0 spiro atoms. The minimum Gasteiger partial charge on any atom is -0.452 e. The lowest BCUT2D eigenvalue weighted by molar-refractivity contribution is -0.146. The van der Waals surface area contributed by atoms with Crippen LogP contribution in [0.3, 0.4) is 0 Å².